The molecule has 0 amide bonds. The van der Waals surface area contributed by atoms with Gasteiger partial charge in [0.05, 0.1) is 0 Å². The Morgan fingerprint density at radius 1 is 1.17 bits per heavy atom. The second-order valence-electron chi connectivity index (χ2n) is 2.68. The molecule has 0 aliphatic carbocycles. The molecule has 1 heterocycles. The molecule has 0 fully saturated rings. The molecule has 1 aromatic carbocycles. The second kappa shape index (κ2) is 3.30. The van der Waals surface area contributed by atoms with Crippen LogP contribution < -0.4 is 5.32 Å². The first kappa shape index (κ1) is 7.22. The minimum Gasteiger partial charge on any atom is -0.490 e. The third kappa shape index (κ3) is 1.42. The van der Waals surface area contributed by atoms with Gasteiger partial charge in [-0.05, 0) is 0 Å². The quantitative estimate of drug-likeness (QED) is 0.675. The van der Waals surface area contributed by atoms with Gasteiger partial charge in [-0.15, -0.1) is 0 Å². The van der Waals surface area contributed by atoms with E-state index in [1.807, 2.05) is 36.5 Å². The predicted octanol–water partition coefficient (Wildman–Crippen LogP) is 1.60. The molecule has 1 aliphatic rings. The van der Waals surface area contributed by atoms with Gasteiger partial charge >= 0.3 is 0 Å². The van der Waals surface area contributed by atoms with Gasteiger partial charge < -0.3 is 10.1 Å². The summed E-state index contributed by atoms with van der Waals surface area (Å²) in [6.07, 6.45) is 1.92. The van der Waals surface area contributed by atoms with Gasteiger partial charge in [-0.25, -0.2) is 0 Å². The van der Waals surface area contributed by atoms with Crippen molar-refractivity contribution in [3.63, 3.8) is 0 Å². The molecule has 1 aromatic rings. The fourth-order valence-corrected chi connectivity index (χ4v) is 1.20. The van der Waals surface area contributed by atoms with E-state index >= 15 is 0 Å². The van der Waals surface area contributed by atoms with Crippen LogP contribution >= 0.6 is 0 Å². The number of ether oxygens (including phenoxy) is 1. The summed E-state index contributed by atoms with van der Waals surface area (Å²) in [6, 6.07) is 10.1. The first-order chi connectivity index (χ1) is 5.97. The molecule has 2 rings (SSSR count). The molecule has 0 unspecified atom stereocenters. The average molecular weight is 161 g/mol. The number of hydrogen-bond donors (Lipinski definition) is 1. The molecule has 1 aliphatic heterocycles. The van der Waals surface area contributed by atoms with Gasteiger partial charge in [0, 0.05) is 18.3 Å². The van der Waals surface area contributed by atoms with Crippen LogP contribution in [0.3, 0.4) is 0 Å². The molecule has 0 saturated carbocycles. The third-order valence-electron chi connectivity index (χ3n) is 1.80. The Morgan fingerprint density at radius 2 is 2.00 bits per heavy atom. The third-order valence-corrected chi connectivity index (χ3v) is 1.80. The van der Waals surface area contributed by atoms with E-state index in [-0.39, 0.29) is 0 Å². The van der Waals surface area contributed by atoms with Crippen molar-refractivity contribution >= 4 is 5.76 Å². The lowest BCUT2D eigenvalue weighted by Crippen LogP contribution is -2.19. The number of rotatable bonds is 1. The second-order valence-corrected chi connectivity index (χ2v) is 2.68. The van der Waals surface area contributed by atoms with Crippen LogP contribution in [0.1, 0.15) is 5.56 Å². The molecule has 0 bridgehead atoms. The topological polar surface area (TPSA) is 21.3 Å². The summed E-state index contributed by atoms with van der Waals surface area (Å²) in [4.78, 5) is 0. The van der Waals surface area contributed by atoms with E-state index in [0.717, 1.165) is 24.5 Å². The summed E-state index contributed by atoms with van der Waals surface area (Å²) in [5.74, 6) is 0.932. The molecule has 0 atom stereocenters. The van der Waals surface area contributed by atoms with Crippen LogP contribution in [0.25, 0.3) is 5.76 Å². The molecule has 2 nitrogen and oxygen atoms in total. The number of nitrogens with one attached hydrogen (secondary N) is 1. The van der Waals surface area contributed by atoms with E-state index in [0.29, 0.717) is 0 Å². The van der Waals surface area contributed by atoms with Crippen LogP contribution in [0.4, 0.5) is 0 Å². The summed E-state index contributed by atoms with van der Waals surface area (Å²) in [6.45, 7) is 1.65. The van der Waals surface area contributed by atoms with Gasteiger partial charge in [-0.2, -0.15) is 0 Å². The van der Waals surface area contributed by atoms with Crippen molar-refractivity contribution in [1.29, 1.82) is 0 Å². The number of hydrogen-bond acceptors (Lipinski definition) is 2. The molecule has 2 heteroatoms. The smallest absolute Gasteiger partial charge is 0.142 e. The molecule has 0 aromatic heterocycles. The fraction of sp³-hybridized carbons (Fsp3) is 0.200. The highest BCUT2D eigenvalue weighted by molar-refractivity contribution is 5.59. The standard InChI is InChI=1S/C10H11NO/c1-2-4-9(5-3-1)10-8-11-6-7-12-10/h1-5,8,11H,6-7H2. The van der Waals surface area contributed by atoms with Gasteiger partial charge in [-0.1, -0.05) is 30.3 Å². The van der Waals surface area contributed by atoms with Gasteiger partial charge in [0.1, 0.15) is 12.4 Å². The highest BCUT2D eigenvalue weighted by atomic mass is 16.5. The van der Waals surface area contributed by atoms with Crippen LogP contribution in [0, 0.1) is 0 Å². The van der Waals surface area contributed by atoms with Crippen molar-refractivity contribution in [1.82, 2.24) is 5.32 Å². The highest BCUT2D eigenvalue weighted by Crippen LogP contribution is 2.15. The van der Waals surface area contributed by atoms with Crippen LogP contribution in [0.2, 0.25) is 0 Å². The zero-order valence-electron chi connectivity index (χ0n) is 6.79. The fourth-order valence-electron chi connectivity index (χ4n) is 1.20. The van der Waals surface area contributed by atoms with Gasteiger partial charge in [0.25, 0.3) is 0 Å². The molecule has 12 heavy (non-hydrogen) atoms. The lowest BCUT2D eigenvalue weighted by Gasteiger charge is -2.15. The van der Waals surface area contributed by atoms with Crippen molar-refractivity contribution in [2.24, 2.45) is 0 Å². The molecular weight excluding hydrogens is 150 g/mol. The van der Waals surface area contributed by atoms with Crippen molar-refractivity contribution in [2.45, 2.75) is 0 Å². The highest BCUT2D eigenvalue weighted by Gasteiger charge is 2.04. The maximum Gasteiger partial charge on any atom is 0.142 e. The molecule has 1 N–H and O–H groups in total. The van der Waals surface area contributed by atoms with Gasteiger partial charge in [0.2, 0.25) is 0 Å². The first-order valence-corrected chi connectivity index (χ1v) is 4.08. The van der Waals surface area contributed by atoms with Gasteiger partial charge in [-0.3, -0.25) is 0 Å². The SMILES string of the molecule is C1=C(c2ccccc2)OCCN1. The Kier molecular flexibility index (Phi) is 1.99. The Bertz CT molecular complexity index is 279. The molecule has 0 saturated heterocycles. The van der Waals surface area contributed by atoms with E-state index in [2.05, 4.69) is 5.32 Å². The Morgan fingerprint density at radius 3 is 2.67 bits per heavy atom. The monoisotopic (exact) mass is 161 g/mol. The van der Waals surface area contributed by atoms with E-state index in [1.54, 1.807) is 0 Å². The Labute approximate surface area is 71.9 Å². The Hall–Kier alpha value is -1.44. The lowest BCUT2D eigenvalue weighted by molar-refractivity contribution is 0.265. The normalized spacial score (nSPS) is 15.8. The van der Waals surface area contributed by atoms with Gasteiger partial charge in [0.15, 0.2) is 0 Å². The van der Waals surface area contributed by atoms with Crippen LogP contribution in [0.15, 0.2) is 36.5 Å². The van der Waals surface area contributed by atoms with E-state index in [1.165, 1.54) is 0 Å². The first-order valence-electron chi connectivity index (χ1n) is 4.08. The van der Waals surface area contributed by atoms with E-state index in [9.17, 15) is 0 Å². The summed E-state index contributed by atoms with van der Waals surface area (Å²) >= 11 is 0. The maximum atomic E-state index is 5.46. The minimum atomic E-state index is 0.751. The molecule has 0 radical (unpaired) electrons. The van der Waals surface area contributed by atoms with Crippen molar-refractivity contribution in [2.75, 3.05) is 13.2 Å². The molecule has 0 spiro atoms. The lowest BCUT2D eigenvalue weighted by atomic mass is 10.2. The number of benzene rings is 1. The Balaban J connectivity index is 2.24. The van der Waals surface area contributed by atoms with E-state index < -0.39 is 0 Å². The zero-order valence-corrected chi connectivity index (χ0v) is 6.79. The molecular formula is C10H11NO. The van der Waals surface area contributed by atoms with Crippen molar-refractivity contribution < 1.29 is 4.74 Å². The average Bonchev–Trinajstić information content (AvgIpc) is 2.21. The van der Waals surface area contributed by atoms with E-state index in [4.69, 9.17) is 4.74 Å². The van der Waals surface area contributed by atoms with Crippen molar-refractivity contribution in [3.05, 3.63) is 42.1 Å². The largest absolute Gasteiger partial charge is 0.490 e. The van der Waals surface area contributed by atoms with Crippen molar-refractivity contribution in [3.8, 4) is 0 Å². The maximum absolute atomic E-state index is 5.46. The summed E-state index contributed by atoms with van der Waals surface area (Å²) in [7, 11) is 0. The molecule has 62 valence electrons. The van der Waals surface area contributed by atoms with Crippen LogP contribution in [-0.4, -0.2) is 13.2 Å². The summed E-state index contributed by atoms with van der Waals surface area (Å²) in [5, 5.41) is 3.15. The van der Waals surface area contributed by atoms with Crippen LogP contribution in [0.5, 0.6) is 0 Å². The summed E-state index contributed by atoms with van der Waals surface area (Å²) < 4.78 is 5.46. The van der Waals surface area contributed by atoms with Crippen LogP contribution in [-0.2, 0) is 4.74 Å². The predicted molar refractivity (Wildman–Crippen MR) is 48.4 cm³/mol. The summed E-state index contributed by atoms with van der Waals surface area (Å²) in [5.41, 5.74) is 1.13. The zero-order chi connectivity index (χ0) is 8.23. The minimum absolute atomic E-state index is 0.751.